The summed E-state index contributed by atoms with van der Waals surface area (Å²) in [5, 5.41) is 0. The van der Waals surface area contributed by atoms with Gasteiger partial charge >= 0.3 is 6.18 Å². The third-order valence-electron chi connectivity index (χ3n) is 4.95. The van der Waals surface area contributed by atoms with Gasteiger partial charge in [0.05, 0.1) is 29.9 Å². The first kappa shape index (κ1) is 19.9. The quantitative estimate of drug-likeness (QED) is 0.623. The van der Waals surface area contributed by atoms with Crippen LogP contribution in [0.1, 0.15) is 32.7 Å². The van der Waals surface area contributed by atoms with E-state index in [2.05, 4.69) is 4.98 Å². The Kier molecular flexibility index (Phi) is 5.44. The minimum absolute atomic E-state index is 0.151. The molecule has 1 aliphatic rings. The second-order valence-electron chi connectivity index (χ2n) is 7.10. The number of carbonyl (C=O) groups is 1. The lowest BCUT2D eigenvalue weighted by atomic mass is 10.0. The number of aromatic nitrogens is 1. The molecule has 0 fully saturated rings. The van der Waals surface area contributed by atoms with Crippen molar-refractivity contribution in [2.75, 3.05) is 13.2 Å². The average Bonchev–Trinajstić information content (AvgIpc) is 2.88. The molecule has 4 nitrogen and oxygen atoms in total. The third-order valence-corrected chi connectivity index (χ3v) is 4.95. The Balaban J connectivity index is 1.55. The molecule has 154 valence electrons. The standard InChI is InChI=1S/C23H19F3N2O2/c24-23(25,26)18-7-4-16(5-8-18)13-17-6-9-21-20(14-17)22(29)28(11-12-30-21)15-19-3-1-2-10-27-19/h1-10,14H,11-13,15H2. The van der Waals surface area contributed by atoms with E-state index in [4.69, 9.17) is 4.74 Å². The molecule has 2 aromatic carbocycles. The van der Waals surface area contributed by atoms with Gasteiger partial charge in [0.25, 0.3) is 5.91 Å². The van der Waals surface area contributed by atoms with Gasteiger partial charge in [0, 0.05) is 6.20 Å². The number of carbonyl (C=O) groups excluding carboxylic acids is 1. The molecular weight excluding hydrogens is 393 g/mol. The molecule has 0 unspecified atom stereocenters. The van der Waals surface area contributed by atoms with E-state index in [0.717, 1.165) is 29.0 Å². The van der Waals surface area contributed by atoms with Gasteiger partial charge in [-0.3, -0.25) is 9.78 Å². The topological polar surface area (TPSA) is 42.4 Å². The van der Waals surface area contributed by atoms with Crippen molar-refractivity contribution in [2.24, 2.45) is 0 Å². The molecule has 0 bridgehead atoms. The number of pyridine rings is 1. The van der Waals surface area contributed by atoms with Crippen LogP contribution in [-0.4, -0.2) is 28.9 Å². The Bertz CT molecular complexity index is 1030. The number of fused-ring (bicyclic) bond motifs is 1. The van der Waals surface area contributed by atoms with Crippen LogP contribution in [0.25, 0.3) is 0 Å². The SMILES string of the molecule is O=C1c2cc(Cc3ccc(C(F)(F)F)cc3)ccc2OCCN1Cc1ccccn1. The first-order valence-electron chi connectivity index (χ1n) is 9.51. The number of amides is 1. The molecule has 0 radical (unpaired) electrons. The van der Waals surface area contributed by atoms with Gasteiger partial charge in [-0.2, -0.15) is 13.2 Å². The second-order valence-corrected chi connectivity index (χ2v) is 7.10. The van der Waals surface area contributed by atoms with E-state index < -0.39 is 11.7 Å². The molecule has 1 aliphatic heterocycles. The number of alkyl halides is 3. The zero-order valence-electron chi connectivity index (χ0n) is 16.0. The van der Waals surface area contributed by atoms with Crippen molar-refractivity contribution in [3.63, 3.8) is 0 Å². The van der Waals surface area contributed by atoms with Gasteiger partial charge in [-0.25, -0.2) is 0 Å². The molecule has 4 rings (SSSR count). The van der Waals surface area contributed by atoms with Crippen LogP contribution >= 0.6 is 0 Å². The summed E-state index contributed by atoms with van der Waals surface area (Å²) in [6, 6.07) is 15.9. The molecule has 0 saturated carbocycles. The highest BCUT2D eigenvalue weighted by atomic mass is 19.4. The van der Waals surface area contributed by atoms with Crippen molar-refractivity contribution in [1.29, 1.82) is 0 Å². The Morgan fingerprint density at radius 3 is 2.47 bits per heavy atom. The van der Waals surface area contributed by atoms with Gasteiger partial charge in [0.15, 0.2) is 0 Å². The van der Waals surface area contributed by atoms with Crippen LogP contribution in [0, 0.1) is 0 Å². The fourth-order valence-electron chi connectivity index (χ4n) is 3.40. The molecule has 3 aromatic rings. The molecule has 2 heterocycles. The normalized spacial score (nSPS) is 14.1. The van der Waals surface area contributed by atoms with Crippen molar-refractivity contribution in [3.05, 3.63) is 94.8 Å². The van der Waals surface area contributed by atoms with Gasteiger partial charge in [-0.05, 0) is 53.9 Å². The third kappa shape index (κ3) is 4.45. The van der Waals surface area contributed by atoms with Crippen molar-refractivity contribution in [3.8, 4) is 5.75 Å². The van der Waals surface area contributed by atoms with Crippen LogP contribution in [0.3, 0.4) is 0 Å². The summed E-state index contributed by atoms with van der Waals surface area (Å²) in [5.74, 6) is 0.363. The molecule has 1 amide bonds. The lowest BCUT2D eigenvalue weighted by Crippen LogP contribution is -2.32. The first-order chi connectivity index (χ1) is 14.4. The van der Waals surface area contributed by atoms with Crippen LogP contribution in [0.2, 0.25) is 0 Å². The Hall–Kier alpha value is -3.35. The fourth-order valence-corrected chi connectivity index (χ4v) is 3.40. The maximum atomic E-state index is 13.1. The lowest BCUT2D eigenvalue weighted by Gasteiger charge is -2.19. The van der Waals surface area contributed by atoms with E-state index in [1.165, 1.54) is 12.1 Å². The van der Waals surface area contributed by atoms with Gasteiger partial charge < -0.3 is 9.64 Å². The Morgan fingerprint density at radius 1 is 1.00 bits per heavy atom. The molecule has 0 N–H and O–H groups in total. The van der Waals surface area contributed by atoms with E-state index in [-0.39, 0.29) is 5.91 Å². The summed E-state index contributed by atoms with van der Waals surface area (Å²) in [7, 11) is 0. The fraction of sp³-hybridized carbons (Fsp3) is 0.217. The first-order valence-corrected chi connectivity index (χ1v) is 9.51. The lowest BCUT2D eigenvalue weighted by molar-refractivity contribution is -0.137. The molecular formula is C23H19F3N2O2. The molecule has 0 atom stereocenters. The number of hydrogen-bond donors (Lipinski definition) is 0. The van der Waals surface area contributed by atoms with Crippen molar-refractivity contribution < 1.29 is 22.7 Å². The number of benzene rings is 2. The molecule has 0 aliphatic carbocycles. The van der Waals surface area contributed by atoms with Crippen LogP contribution in [0.4, 0.5) is 13.2 Å². The Labute approximate surface area is 171 Å². The summed E-state index contributed by atoms with van der Waals surface area (Å²) >= 11 is 0. The van der Waals surface area contributed by atoms with Crippen LogP contribution in [0.5, 0.6) is 5.75 Å². The monoisotopic (exact) mass is 412 g/mol. The number of ether oxygens (including phenoxy) is 1. The van der Waals surface area contributed by atoms with Crippen molar-refractivity contribution in [2.45, 2.75) is 19.1 Å². The van der Waals surface area contributed by atoms with Gasteiger partial charge in [0.1, 0.15) is 12.4 Å². The highest BCUT2D eigenvalue weighted by molar-refractivity contribution is 5.97. The molecule has 30 heavy (non-hydrogen) atoms. The van der Waals surface area contributed by atoms with E-state index >= 15 is 0 Å². The zero-order chi connectivity index (χ0) is 21.1. The second kappa shape index (κ2) is 8.18. The van der Waals surface area contributed by atoms with Gasteiger partial charge in [0.2, 0.25) is 0 Å². The number of rotatable bonds is 4. The predicted molar refractivity (Wildman–Crippen MR) is 105 cm³/mol. The summed E-state index contributed by atoms with van der Waals surface area (Å²) in [5.41, 5.74) is 2.12. The molecule has 7 heteroatoms. The van der Waals surface area contributed by atoms with Crippen LogP contribution in [0.15, 0.2) is 66.9 Å². The van der Waals surface area contributed by atoms with E-state index in [0.29, 0.717) is 37.4 Å². The summed E-state index contributed by atoms with van der Waals surface area (Å²) in [6.45, 7) is 1.20. The molecule has 1 aromatic heterocycles. The highest BCUT2D eigenvalue weighted by Crippen LogP contribution is 2.30. The summed E-state index contributed by atoms with van der Waals surface area (Å²) < 4.78 is 44.0. The maximum absolute atomic E-state index is 13.1. The number of halogens is 3. The van der Waals surface area contributed by atoms with E-state index in [9.17, 15) is 18.0 Å². The Morgan fingerprint density at radius 2 is 1.77 bits per heavy atom. The highest BCUT2D eigenvalue weighted by Gasteiger charge is 2.30. The van der Waals surface area contributed by atoms with Crippen molar-refractivity contribution >= 4 is 5.91 Å². The van der Waals surface area contributed by atoms with E-state index in [1.807, 2.05) is 24.3 Å². The number of hydrogen-bond acceptors (Lipinski definition) is 3. The molecule has 0 saturated heterocycles. The summed E-state index contributed by atoms with van der Waals surface area (Å²) in [4.78, 5) is 19.1. The molecule has 0 spiro atoms. The zero-order valence-corrected chi connectivity index (χ0v) is 16.0. The van der Waals surface area contributed by atoms with Crippen LogP contribution in [-0.2, 0) is 19.1 Å². The summed E-state index contributed by atoms with van der Waals surface area (Å²) in [6.07, 6.45) is -2.26. The largest absolute Gasteiger partial charge is 0.491 e. The smallest absolute Gasteiger partial charge is 0.416 e. The minimum Gasteiger partial charge on any atom is -0.491 e. The number of nitrogens with zero attached hydrogens (tertiary/aromatic N) is 2. The maximum Gasteiger partial charge on any atom is 0.416 e. The average molecular weight is 412 g/mol. The van der Waals surface area contributed by atoms with Crippen molar-refractivity contribution in [1.82, 2.24) is 9.88 Å². The van der Waals surface area contributed by atoms with Gasteiger partial charge in [-0.15, -0.1) is 0 Å². The van der Waals surface area contributed by atoms with E-state index in [1.54, 1.807) is 23.2 Å². The minimum atomic E-state index is -4.36. The predicted octanol–water partition coefficient (Wildman–Crippen LogP) is 4.73. The van der Waals surface area contributed by atoms with Gasteiger partial charge in [-0.1, -0.05) is 24.3 Å². The van der Waals surface area contributed by atoms with Crippen LogP contribution < -0.4 is 4.74 Å².